The summed E-state index contributed by atoms with van der Waals surface area (Å²) in [5.74, 6) is 0.467. The number of pyridine rings is 1. The molecule has 0 atom stereocenters. The summed E-state index contributed by atoms with van der Waals surface area (Å²) in [5, 5.41) is 8.36. The SMILES string of the molecule is CCc1cn(-c2c(C)cccc2C)c(=O)c2cnc(Nc3cnn(C4CCN(C)CC4)c3)nc12. The summed E-state index contributed by atoms with van der Waals surface area (Å²) in [6, 6.07) is 6.48. The van der Waals surface area contributed by atoms with Gasteiger partial charge >= 0.3 is 0 Å². The van der Waals surface area contributed by atoms with Crippen LogP contribution < -0.4 is 10.9 Å². The molecule has 1 aliphatic rings. The second-order valence-electron chi connectivity index (χ2n) is 9.25. The van der Waals surface area contributed by atoms with Gasteiger partial charge in [-0.3, -0.25) is 14.0 Å². The average molecular weight is 458 g/mol. The fourth-order valence-corrected chi connectivity index (χ4v) is 4.85. The second-order valence-corrected chi connectivity index (χ2v) is 9.25. The molecule has 0 unspecified atom stereocenters. The summed E-state index contributed by atoms with van der Waals surface area (Å²) < 4.78 is 3.78. The third-order valence-corrected chi connectivity index (χ3v) is 6.81. The van der Waals surface area contributed by atoms with Crippen LogP contribution in [-0.4, -0.2) is 49.4 Å². The fraction of sp³-hybridized carbons (Fsp3) is 0.385. The highest BCUT2D eigenvalue weighted by Gasteiger charge is 2.19. The number of para-hydroxylation sites is 1. The van der Waals surface area contributed by atoms with Crippen molar-refractivity contribution in [2.45, 2.75) is 46.1 Å². The Morgan fingerprint density at radius 2 is 1.82 bits per heavy atom. The molecule has 1 N–H and O–H groups in total. The molecule has 5 rings (SSSR count). The van der Waals surface area contributed by atoms with Crippen molar-refractivity contribution in [2.24, 2.45) is 0 Å². The first-order valence-electron chi connectivity index (χ1n) is 11.9. The summed E-state index contributed by atoms with van der Waals surface area (Å²) in [6.07, 6.45) is 10.3. The van der Waals surface area contributed by atoms with E-state index in [1.54, 1.807) is 10.8 Å². The van der Waals surface area contributed by atoms with Gasteiger partial charge in [-0.05, 0) is 69.9 Å². The van der Waals surface area contributed by atoms with Gasteiger partial charge in [-0.15, -0.1) is 0 Å². The zero-order valence-corrected chi connectivity index (χ0v) is 20.2. The van der Waals surface area contributed by atoms with Gasteiger partial charge in [0.05, 0.1) is 34.5 Å². The molecule has 0 bridgehead atoms. The number of hydrogen-bond acceptors (Lipinski definition) is 6. The normalized spacial score (nSPS) is 15.2. The lowest BCUT2D eigenvalue weighted by molar-refractivity contribution is 0.212. The van der Waals surface area contributed by atoms with Gasteiger partial charge < -0.3 is 10.2 Å². The molecule has 4 aromatic rings. The van der Waals surface area contributed by atoms with Crippen LogP contribution in [0, 0.1) is 13.8 Å². The van der Waals surface area contributed by atoms with E-state index in [9.17, 15) is 4.79 Å². The molecule has 8 nitrogen and oxygen atoms in total. The summed E-state index contributed by atoms with van der Waals surface area (Å²) in [5.41, 5.74) is 5.48. The van der Waals surface area contributed by atoms with Crippen molar-refractivity contribution in [2.75, 3.05) is 25.5 Å². The molecular weight excluding hydrogens is 426 g/mol. The van der Waals surface area contributed by atoms with Crippen LogP contribution in [0.5, 0.6) is 0 Å². The molecule has 1 fully saturated rings. The first kappa shape index (κ1) is 22.3. The lowest BCUT2D eigenvalue weighted by atomic mass is 10.1. The lowest BCUT2D eigenvalue weighted by Gasteiger charge is -2.28. The zero-order valence-electron chi connectivity index (χ0n) is 20.2. The van der Waals surface area contributed by atoms with Crippen LogP contribution in [0.1, 0.15) is 42.5 Å². The average Bonchev–Trinajstić information content (AvgIpc) is 3.29. The molecule has 176 valence electrons. The van der Waals surface area contributed by atoms with Crippen molar-refractivity contribution >= 4 is 22.5 Å². The number of anilines is 2. The Labute approximate surface area is 199 Å². The van der Waals surface area contributed by atoms with Crippen LogP contribution in [0.15, 0.2) is 47.8 Å². The molecule has 0 spiro atoms. The lowest BCUT2D eigenvalue weighted by Crippen LogP contribution is -2.31. The van der Waals surface area contributed by atoms with E-state index in [4.69, 9.17) is 4.98 Å². The number of hydrogen-bond donors (Lipinski definition) is 1. The number of rotatable bonds is 5. The topological polar surface area (TPSA) is 80.9 Å². The van der Waals surface area contributed by atoms with Gasteiger partial charge in [-0.1, -0.05) is 25.1 Å². The van der Waals surface area contributed by atoms with Gasteiger partial charge in [0.1, 0.15) is 0 Å². The number of piperidine rings is 1. The standard InChI is InChI=1S/C26H31N7O/c1-5-19-15-32(24-17(2)7-6-8-18(24)3)25(34)22-14-27-26(30-23(19)22)29-20-13-28-33(16-20)21-9-11-31(4)12-10-21/h6-8,13-16,21H,5,9-12H2,1-4H3,(H,27,29,30). The van der Waals surface area contributed by atoms with Crippen molar-refractivity contribution < 1.29 is 0 Å². The molecule has 1 aromatic carbocycles. The van der Waals surface area contributed by atoms with E-state index in [1.165, 1.54) is 0 Å². The number of nitrogens with zero attached hydrogens (tertiary/aromatic N) is 6. The summed E-state index contributed by atoms with van der Waals surface area (Å²) >= 11 is 0. The molecule has 0 amide bonds. The predicted molar refractivity (Wildman–Crippen MR) is 135 cm³/mol. The Bertz CT molecular complexity index is 1380. The van der Waals surface area contributed by atoms with E-state index in [-0.39, 0.29) is 5.56 Å². The van der Waals surface area contributed by atoms with Gasteiger partial charge in [-0.2, -0.15) is 5.10 Å². The maximum absolute atomic E-state index is 13.4. The largest absolute Gasteiger partial charge is 0.321 e. The van der Waals surface area contributed by atoms with Gasteiger partial charge in [0.25, 0.3) is 5.56 Å². The number of benzene rings is 1. The van der Waals surface area contributed by atoms with E-state index in [1.807, 2.05) is 55.3 Å². The van der Waals surface area contributed by atoms with Crippen molar-refractivity contribution in [3.63, 3.8) is 0 Å². The van der Waals surface area contributed by atoms with Gasteiger partial charge in [0.2, 0.25) is 5.95 Å². The molecule has 34 heavy (non-hydrogen) atoms. The van der Waals surface area contributed by atoms with E-state index in [0.29, 0.717) is 22.9 Å². The zero-order chi connectivity index (χ0) is 23.8. The highest BCUT2D eigenvalue weighted by Crippen LogP contribution is 2.25. The summed E-state index contributed by atoms with van der Waals surface area (Å²) in [4.78, 5) is 25.0. The van der Waals surface area contributed by atoms with Crippen LogP contribution in [0.4, 0.5) is 11.6 Å². The highest BCUT2D eigenvalue weighted by molar-refractivity contribution is 5.82. The number of likely N-dealkylation sites (tertiary alicyclic amines) is 1. The molecular formula is C26H31N7O. The third kappa shape index (κ3) is 4.09. The van der Waals surface area contributed by atoms with Crippen molar-refractivity contribution in [1.82, 2.24) is 29.2 Å². The summed E-state index contributed by atoms with van der Waals surface area (Å²) in [7, 11) is 2.16. The van der Waals surface area contributed by atoms with Crippen LogP contribution in [0.3, 0.4) is 0 Å². The van der Waals surface area contributed by atoms with Crippen molar-refractivity contribution in [3.05, 3.63) is 70.0 Å². The van der Waals surface area contributed by atoms with E-state index in [2.05, 4.69) is 34.3 Å². The molecule has 8 heteroatoms. The number of aromatic nitrogens is 5. The van der Waals surface area contributed by atoms with E-state index >= 15 is 0 Å². The summed E-state index contributed by atoms with van der Waals surface area (Å²) in [6.45, 7) is 8.30. The first-order chi connectivity index (χ1) is 16.4. The Morgan fingerprint density at radius 3 is 2.53 bits per heavy atom. The Balaban J connectivity index is 1.48. The van der Waals surface area contributed by atoms with Crippen LogP contribution >= 0.6 is 0 Å². The van der Waals surface area contributed by atoms with Gasteiger partial charge in [-0.25, -0.2) is 9.97 Å². The minimum absolute atomic E-state index is 0.105. The van der Waals surface area contributed by atoms with Crippen LogP contribution in [0.25, 0.3) is 16.6 Å². The number of nitrogens with one attached hydrogen (secondary N) is 1. The Kier molecular flexibility index (Phi) is 5.91. The first-order valence-corrected chi connectivity index (χ1v) is 11.9. The van der Waals surface area contributed by atoms with Gasteiger partial charge in [0, 0.05) is 18.6 Å². The second kappa shape index (κ2) is 9.02. The molecule has 0 saturated carbocycles. The van der Waals surface area contributed by atoms with Crippen molar-refractivity contribution in [1.29, 1.82) is 0 Å². The molecule has 1 saturated heterocycles. The van der Waals surface area contributed by atoms with Crippen LogP contribution in [-0.2, 0) is 6.42 Å². The van der Waals surface area contributed by atoms with E-state index in [0.717, 1.165) is 60.4 Å². The quantitative estimate of drug-likeness (QED) is 0.485. The minimum atomic E-state index is -0.105. The predicted octanol–water partition coefficient (Wildman–Crippen LogP) is 4.17. The molecule has 1 aliphatic heterocycles. The highest BCUT2D eigenvalue weighted by atomic mass is 16.1. The minimum Gasteiger partial charge on any atom is -0.321 e. The number of aryl methyl sites for hydroxylation is 3. The Morgan fingerprint density at radius 1 is 1.09 bits per heavy atom. The fourth-order valence-electron chi connectivity index (χ4n) is 4.85. The molecule has 4 heterocycles. The maximum atomic E-state index is 13.4. The van der Waals surface area contributed by atoms with Crippen molar-refractivity contribution in [3.8, 4) is 5.69 Å². The Hall–Kier alpha value is -3.52. The molecule has 0 radical (unpaired) electrons. The molecule has 3 aromatic heterocycles. The van der Waals surface area contributed by atoms with Gasteiger partial charge in [0.15, 0.2) is 0 Å². The maximum Gasteiger partial charge on any atom is 0.266 e. The molecule has 0 aliphatic carbocycles. The number of fused-ring (bicyclic) bond motifs is 1. The monoisotopic (exact) mass is 457 g/mol. The third-order valence-electron chi connectivity index (χ3n) is 6.81. The van der Waals surface area contributed by atoms with Crippen LogP contribution in [0.2, 0.25) is 0 Å². The smallest absolute Gasteiger partial charge is 0.266 e. The van der Waals surface area contributed by atoms with E-state index < -0.39 is 0 Å².